The molecule has 1 fully saturated rings. The Bertz CT molecular complexity index is 533. The van der Waals surface area contributed by atoms with E-state index in [9.17, 15) is 0 Å². The zero-order valence-electron chi connectivity index (χ0n) is 17.6. The largest absolute Gasteiger partial charge is 0.381 e. The topological polar surface area (TPSA) is 77.9 Å². The van der Waals surface area contributed by atoms with Gasteiger partial charge in [-0.05, 0) is 25.8 Å². The summed E-state index contributed by atoms with van der Waals surface area (Å²) in [7, 11) is 0. The fraction of sp³-hybridized carbons (Fsp3) is 0.750. The zero-order chi connectivity index (χ0) is 19.9. The molecule has 0 unspecified atom stereocenters. The molecule has 2 heterocycles. The molecule has 0 amide bonds. The Balaban J connectivity index is 1.60. The van der Waals surface area contributed by atoms with Crippen LogP contribution in [0.5, 0.6) is 0 Å². The Kier molecular flexibility index (Phi) is 11.3. The van der Waals surface area contributed by atoms with Gasteiger partial charge >= 0.3 is 0 Å². The van der Waals surface area contributed by atoms with Gasteiger partial charge in [0.05, 0.1) is 0 Å². The minimum atomic E-state index is 0.789. The Morgan fingerprint density at radius 1 is 1.07 bits per heavy atom. The van der Waals surface area contributed by atoms with E-state index in [1.54, 1.807) is 12.4 Å². The number of guanidine groups is 1. The fourth-order valence-corrected chi connectivity index (χ4v) is 3.01. The summed E-state index contributed by atoms with van der Waals surface area (Å²) in [5.41, 5.74) is 0. The van der Waals surface area contributed by atoms with Gasteiger partial charge in [0, 0.05) is 78.0 Å². The van der Waals surface area contributed by atoms with E-state index in [1.807, 2.05) is 6.07 Å². The highest BCUT2D eigenvalue weighted by Crippen LogP contribution is 2.08. The van der Waals surface area contributed by atoms with Gasteiger partial charge in [0.1, 0.15) is 0 Å². The van der Waals surface area contributed by atoms with Crippen molar-refractivity contribution in [1.82, 2.24) is 25.5 Å². The van der Waals surface area contributed by atoms with Crippen molar-refractivity contribution >= 4 is 11.9 Å². The highest BCUT2D eigenvalue weighted by atomic mass is 16.5. The van der Waals surface area contributed by atoms with Crippen LogP contribution in [-0.2, 0) is 4.74 Å². The average molecular weight is 392 g/mol. The first-order valence-corrected chi connectivity index (χ1v) is 10.7. The minimum absolute atomic E-state index is 0.789. The van der Waals surface area contributed by atoms with Crippen molar-refractivity contribution in [1.29, 1.82) is 0 Å². The molecular formula is C20H37N7O. The lowest BCUT2D eigenvalue weighted by atomic mass is 10.3. The lowest BCUT2D eigenvalue weighted by Crippen LogP contribution is -2.49. The average Bonchev–Trinajstić information content (AvgIpc) is 2.74. The van der Waals surface area contributed by atoms with Crippen molar-refractivity contribution in [2.75, 3.05) is 70.5 Å². The summed E-state index contributed by atoms with van der Waals surface area (Å²) in [4.78, 5) is 18.0. The molecule has 0 spiro atoms. The van der Waals surface area contributed by atoms with Crippen molar-refractivity contribution in [3.05, 3.63) is 18.5 Å². The number of unbranched alkanes of at least 4 members (excludes halogenated alkanes) is 1. The first-order chi connectivity index (χ1) is 13.8. The molecule has 0 radical (unpaired) electrons. The van der Waals surface area contributed by atoms with Crippen LogP contribution in [-0.4, -0.2) is 86.4 Å². The molecule has 28 heavy (non-hydrogen) atoms. The minimum Gasteiger partial charge on any atom is -0.381 e. The third kappa shape index (κ3) is 8.84. The molecule has 2 N–H and O–H groups in total. The summed E-state index contributed by atoms with van der Waals surface area (Å²) in [6.07, 6.45) is 6.89. The molecule has 0 saturated carbocycles. The number of hydrogen-bond acceptors (Lipinski definition) is 6. The Morgan fingerprint density at radius 2 is 1.82 bits per heavy atom. The smallest absolute Gasteiger partial charge is 0.225 e. The van der Waals surface area contributed by atoms with Gasteiger partial charge in [-0.25, -0.2) is 9.97 Å². The number of aliphatic imine (C=N–C) groups is 1. The molecule has 158 valence electrons. The van der Waals surface area contributed by atoms with Crippen LogP contribution < -0.4 is 15.5 Å². The predicted octanol–water partition coefficient (Wildman–Crippen LogP) is 1.36. The summed E-state index contributed by atoms with van der Waals surface area (Å²) in [6, 6.07) is 1.86. The Labute approximate surface area is 169 Å². The second kappa shape index (κ2) is 14.1. The number of hydrogen-bond donors (Lipinski definition) is 2. The molecule has 1 aliphatic heterocycles. The van der Waals surface area contributed by atoms with Gasteiger partial charge in [-0.15, -0.1) is 0 Å². The first kappa shape index (κ1) is 22.4. The molecular weight excluding hydrogens is 354 g/mol. The normalized spacial score (nSPS) is 15.6. The molecule has 0 aliphatic carbocycles. The molecule has 1 saturated heterocycles. The molecule has 1 aliphatic rings. The van der Waals surface area contributed by atoms with Gasteiger partial charge in [-0.3, -0.25) is 9.89 Å². The molecule has 0 atom stereocenters. The number of rotatable bonds is 12. The van der Waals surface area contributed by atoms with E-state index in [0.29, 0.717) is 0 Å². The van der Waals surface area contributed by atoms with Crippen molar-refractivity contribution in [3.8, 4) is 0 Å². The van der Waals surface area contributed by atoms with E-state index in [2.05, 4.69) is 49.2 Å². The fourth-order valence-electron chi connectivity index (χ4n) is 3.01. The van der Waals surface area contributed by atoms with Gasteiger partial charge < -0.3 is 20.3 Å². The number of aromatic nitrogens is 2. The molecule has 0 aromatic carbocycles. The van der Waals surface area contributed by atoms with Gasteiger partial charge in [0.15, 0.2) is 5.96 Å². The summed E-state index contributed by atoms with van der Waals surface area (Å²) in [5, 5.41) is 6.76. The third-order valence-corrected chi connectivity index (χ3v) is 4.63. The Hall–Kier alpha value is -1.93. The molecule has 2 rings (SSSR count). The summed E-state index contributed by atoms with van der Waals surface area (Å²) >= 11 is 0. The highest BCUT2D eigenvalue weighted by molar-refractivity contribution is 5.79. The summed E-state index contributed by atoms with van der Waals surface area (Å²) < 4.78 is 5.59. The van der Waals surface area contributed by atoms with E-state index in [1.165, 1.54) is 6.42 Å². The van der Waals surface area contributed by atoms with Crippen LogP contribution in [0.4, 0.5) is 5.95 Å². The van der Waals surface area contributed by atoms with Gasteiger partial charge in [-0.1, -0.05) is 13.3 Å². The second-order valence-electron chi connectivity index (χ2n) is 6.88. The summed E-state index contributed by atoms with van der Waals surface area (Å²) in [5.74, 6) is 1.73. The standard InChI is InChI=1S/C20H37N7O/c1-3-5-17-28-18-7-10-22-19(21-4-2)23-11-12-26-13-15-27(16-14-26)20-24-8-6-9-25-20/h6,8-9H,3-5,7,10-18H2,1-2H3,(H2,21,22,23). The molecule has 1 aromatic heterocycles. The summed E-state index contributed by atoms with van der Waals surface area (Å²) in [6.45, 7) is 13.5. The monoisotopic (exact) mass is 391 g/mol. The van der Waals surface area contributed by atoms with Crippen LogP contribution in [0.15, 0.2) is 23.5 Å². The molecule has 8 heteroatoms. The SMILES string of the molecule is CCCCOCCCN=C(NCC)NCCN1CCN(c2ncccn2)CC1. The van der Waals surface area contributed by atoms with Crippen molar-refractivity contribution in [3.63, 3.8) is 0 Å². The van der Waals surface area contributed by atoms with E-state index < -0.39 is 0 Å². The highest BCUT2D eigenvalue weighted by Gasteiger charge is 2.18. The maximum Gasteiger partial charge on any atom is 0.225 e. The third-order valence-electron chi connectivity index (χ3n) is 4.63. The van der Waals surface area contributed by atoms with Crippen molar-refractivity contribution < 1.29 is 4.74 Å². The first-order valence-electron chi connectivity index (χ1n) is 10.7. The van der Waals surface area contributed by atoms with Crippen LogP contribution in [0.25, 0.3) is 0 Å². The number of nitrogens with one attached hydrogen (secondary N) is 2. The number of ether oxygens (including phenoxy) is 1. The van der Waals surface area contributed by atoms with Gasteiger partial charge in [-0.2, -0.15) is 0 Å². The van der Waals surface area contributed by atoms with E-state index in [-0.39, 0.29) is 0 Å². The molecule has 8 nitrogen and oxygen atoms in total. The van der Waals surface area contributed by atoms with Crippen LogP contribution in [0.2, 0.25) is 0 Å². The maximum absolute atomic E-state index is 5.59. The zero-order valence-corrected chi connectivity index (χ0v) is 17.6. The molecule has 1 aromatic rings. The number of piperazine rings is 1. The van der Waals surface area contributed by atoms with Crippen LogP contribution in [0.3, 0.4) is 0 Å². The van der Waals surface area contributed by atoms with Crippen molar-refractivity contribution in [2.45, 2.75) is 33.1 Å². The lowest BCUT2D eigenvalue weighted by molar-refractivity contribution is 0.130. The van der Waals surface area contributed by atoms with E-state index in [4.69, 9.17) is 4.74 Å². The number of nitrogens with zero attached hydrogens (tertiary/aromatic N) is 5. The second-order valence-corrected chi connectivity index (χ2v) is 6.88. The van der Waals surface area contributed by atoms with Crippen LogP contribution in [0.1, 0.15) is 33.1 Å². The number of anilines is 1. The van der Waals surface area contributed by atoms with Crippen LogP contribution in [0, 0.1) is 0 Å². The Morgan fingerprint density at radius 3 is 2.54 bits per heavy atom. The predicted molar refractivity (Wildman–Crippen MR) is 115 cm³/mol. The molecule has 0 bridgehead atoms. The lowest BCUT2D eigenvalue weighted by Gasteiger charge is -2.34. The van der Waals surface area contributed by atoms with Crippen molar-refractivity contribution in [2.24, 2.45) is 4.99 Å². The quantitative estimate of drug-likeness (QED) is 0.316. The van der Waals surface area contributed by atoms with E-state index in [0.717, 1.165) is 90.3 Å². The van der Waals surface area contributed by atoms with Crippen LogP contribution >= 0.6 is 0 Å². The van der Waals surface area contributed by atoms with Gasteiger partial charge in [0.2, 0.25) is 5.95 Å². The maximum atomic E-state index is 5.59. The van der Waals surface area contributed by atoms with E-state index >= 15 is 0 Å². The van der Waals surface area contributed by atoms with Gasteiger partial charge in [0.25, 0.3) is 0 Å².